The van der Waals surface area contributed by atoms with E-state index in [0.29, 0.717) is 0 Å². The highest BCUT2D eigenvalue weighted by Gasteiger charge is 2.16. The topological polar surface area (TPSA) is 50.2 Å². The predicted octanol–water partition coefficient (Wildman–Crippen LogP) is 2.86. The maximum atomic E-state index is 13.3. The van der Waals surface area contributed by atoms with Gasteiger partial charge in [-0.3, -0.25) is 4.98 Å². The van der Waals surface area contributed by atoms with Gasteiger partial charge in [0.15, 0.2) is 11.6 Å². The first-order chi connectivity index (χ1) is 7.52. The van der Waals surface area contributed by atoms with Gasteiger partial charge in [0, 0.05) is 11.6 Å². The third-order valence-corrected chi connectivity index (χ3v) is 2.50. The van der Waals surface area contributed by atoms with Crippen LogP contribution in [0.25, 0.3) is 10.9 Å². The molecule has 0 bridgehead atoms. The first-order valence-corrected chi connectivity index (χ1v) is 4.55. The fourth-order valence-corrected chi connectivity index (χ4v) is 1.61. The van der Waals surface area contributed by atoms with Crippen LogP contribution in [0.2, 0.25) is 5.02 Å². The molecule has 1 aromatic heterocycles. The third kappa shape index (κ3) is 1.49. The number of carboxylic acid groups (broad SMARTS) is 1. The van der Waals surface area contributed by atoms with Crippen LogP contribution in [0.5, 0.6) is 0 Å². The molecule has 1 N–H and O–H groups in total. The van der Waals surface area contributed by atoms with Crippen molar-refractivity contribution in [2.24, 2.45) is 0 Å². The minimum atomic E-state index is -1.27. The van der Waals surface area contributed by atoms with Crippen LogP contribution in [0.15, 0.2) is 18.3 Å². The van der Waals surface area contributed by atoms with Crippen molar-refractivity contribution in [3.05, 3.63) is 40.6 Å². The van der Waals surface area contributed by atoms with Crippen molar-refractivity contribution in [2.45, 2.75) is 0 Å². The number of rotatable bonds is 1. The maximum absolute atomic E-state index is 13.3. The molecule has 0 aliphatic rings. The molecule has 1 heterocycles. The fourth-order valence-electron chi connectivity index (χ4n) is 1.32. The quantitative estimate of drug-likeness (QED) is 0.838. The fraction of sp³-hybridized carbons (Fsp3) is 0. The van der Waals surface area contributed by atoms with Gasteiger partial charge in [-0.25, -0.2) is 13.6 Å². The Balaban J connectivity index is 2.87. The third-order valence-electron chi connectivity index (χ3n) is 2.10. The molecule has 6 heteroatoms. The SMILES string of the molecule is O=C(O)c1cnc2c(F)c(F)ccc2c1Cl. The number of nitrogens with zero attached hydrogens (tertiary/aromatic N) is 1. The lowest BCUT2D eigenvalue weighted by atomic mass is 10.1. The Morgan fingerprint density at radius 3 is 2.69 bits per heavy atom. The molecule has 0 radical (unpaired) electrons. The summed E-state index contributed by atoms with van der Waals surface area (Å²) < 4.78 is 26.1. The molecule has 0 amide bonds. The molecular formula is C10H4ClF2NO2. The van der Waals surface area contributed by atoms with Gasteiger partial charge in [0.1, 0.15) is 5.52 Å². The second kappa shape index (κ2) is 3.68. The van der Waals surface area contributed by atoms with Crippen LogP contribution in [-0.2, 0) is 0 Å². The minimum absolute atomic E-state index is 0.0699. The molecule has 2 aromatic rings. The number of benzene rings is 1. The summed E-state index contributed by atoms with van der Waals surface area (Å²) in [6.45, 7) is 0. The van der Waals surface area contributed by atoms with Crippen LogP contribution < -0.4 is 0 Å². The van der Waals surface area contributed by atoms with E-state index >= 15 is 0 Å². The molecule has 0 aliphatic heterocycles. The van der Waals surface area contributed by atoms with E-state index in [1.807, 2.05) is 0 Å². The largest absolute Gasteiger partial charge is 0.478 e. The van der Waals surface area contributed by atoms with Gasteiger partial charge in [0.25, 0.3) is 0 Å². The van der Waals surface area contributed by atoms with Gasteiger partial charge in [0.05, 0.1) is 10.6 Å². The first kappa shape index (κ1) is 10.8. The Morgan fingerprint density at radius 2 is 2.06 bits per heavy atom. The van der Waals surface area contributed by atoms with Crippen LogP contribution >= 0.6 is 11.6 Å². The van der Waals surface area contributed by atoms with Gasteiger partial charge >= 0.3 is 5.97 Å². The van der Waals surface area contributed by atoms with E-state index in [-0.39, 0.29) is 21.5 Å². The molecule has 1 aromatic carbocycles. The molecule has 16 heavy (non-hydrogen) atoms. The van der Waals surface area contributed by atoms with Crippen LogP contribution in [0, 0.1) is 11.6 Å². The van der Waals surface area contributed by atoms with E-state index in [4.69, 9.17) is 16.7 Å². The zero-order valence-electron chi connectivity index (χ0n) is 7.67. The molecule has 0 spiro atoms. The van der Waals surface area contributed by atoms with Crippen molar-refractivity contribution in [3.63, 3.8) is 0 Å². The molecule has 0 saturated carbocycles. The van der Waals surface area contributed by atoms with Gasteiger partial charge in [-0.2, -0.15) is 0 Å². The van der Waals surface area contributed by atoms with Crippen molar-refractivity contribution >= 4 is 28.5 Å². The van der Waals surface area contributed by atoms with Crippen LogP contribution in [0.3, 0.4) is 0 Å². The number of fused-ring (bicyclic) bond motifs is 1. The number of hydrogen-bond donors (Lipinski definition) is 1. The summed E-state index contributed by atoms with van der Waals surface area (Å²) in [5, 5.41) is 8.67. The van der Waals surface area contributed by atoms with E-state index in [2.05, 4.69) is 4.98 Å². The van der Waals surface area contributed by atoms with Gasteiger partial charge in [-0.1, -0.05) is 11.6 Å². The Hall–Kier alpha value is -1.75. The molecule has 82 valence electrons. The van der Waals surface area contributed by atoms with Gasteiger partial charge in [-0.05, 0) is 12.1 Å². The van der Waals surface area contributed by atoms with Crippen molar-refractivity contribution in [2.75, 3.05) is 0 Å². The first-order valence-electron chi connectivity index (χ1n) is 4.18. The minimum Gasteiger partial charge on any atom is -0.478 e. The summed E-state index contributed by atoms with van der Waals surface area (Å²) in [4.78, 5) is 14.3. The highest BCUT2D eigenvalue weighted by atomic mass is 35.5. The highest BCUT2D eigenvalue weighted by molar-refractivity contribution is 6.38. The second-order valence-electron chi connectivity index (χ2n) is 3.05. The van der Waals surface area contributed by atoms with Crippen LogP contribution in [-0.4, -0.2) is 16.1 Å². The molecule has 0 fully saturated rings. The number of carboxylic acids is 1. The van der Waals surface area contributed by atoms with Crippen molar-refractivity contribution in [1.29, 1.82) is 0 Å². The molecule has 0 saturated heterocycles. The molecule has 0 unspecified atom stereocenters. The summed E-state index contributed by atoms with van der Waals surface area (Å²) in [7, 11) is 0. The number of pyridine rings is 1. The van der Waals surface area contributed by atoms with E-state index in [9.17, 15) is 13.6 Å². The summed E-state index contributed by atoms with van der Waals surface area (Å²) in [5.41, 5.74) is -0.532. The molecule has 2 rings (SSSR count). The smallest absolute Gasteiger partial charge is 0.338 e. The predicted molar refractivity (Wildman–Crippen MR) is 53.6 cm³/mol. The zero-order valence-corrected chi connectivity index (χ0v) is 8.42. The summed E-state index contributed by atoms with van der Waals surface area (Å²) >= 11 is 5.75. The summed E-state index contributed by atoms with van der Waals surface area (Å²) in [5.74, 6) is -3.47. The monoisotopic (exact) mass is 243 g/mol. The van der Waals surface area contributed by atoms with Gasteiger partial charge < -0.3 is 5.11 Å². The lowest BCUT2D eigenvalue weighted by molar-refractivity contribution is 0.0697. The summed E-state index contributed by atoms with van der Waals surface area (Å²) in [6, 6.07) is 2.06. The number of aromatic carboxylic acids is 1. The Kier molecular flexibility index (Phi) is 2.47. The van der Waals surface area contributed by atoms with Crippen molar-refractivity contribution < 1.29 is 18.7 Å². The van der Waals surface area contributed by atoms with Crippen LogP contribution in [0.1, 0.15) is 10.4 Å². The van der Waals surface area contributed by atoms with Crippen molar-refractivity contribution in [3.8, 4) is 0 Å². The molecular weight excluding hydrogens is 240 g/mol. The number of hydrogen-bond acceptors (Lipinski definition) is 2. The molecule has 0 atom stereocenters. The standard InChI is InChI=1S/C10H4ClF2NO2/c11-7-4-1-2-6(12)8(13)9(4)14-3-5(7)10(15)16/h1-3H,(H,15,16). The number of halogens is 3. The Bertz CT molecular complexity index is 601. The van der Waals surface area contributed by atoms with E-state index in [1.165, 1.54) is 6.07 Å². The number of carbonyl (C=O) groups is 1. The average molecular weight is 244 g/mol. The molecule has 0 aliphatic carbocycles. The van der Waals surface area contributed by atoms with Crippen LogP contribution in [0.4, 0.5) is 8.78 Å². The Morgan fingerprint density at radius 1 is 1.38 bits per heavy atom. The van der Waals surface area contributed by atoms with E-state index in [0.717, 1.165) is 12.3 Å². The highest BCUT2D eigenvalue weighted by Crippen LogP contribution is 2.28. The lowest BCUT2D eigenvalue weighted by Gasteiger charge is -2.04. The maximum Gasteiger partial charge on any atom is 0.338 e. The normalized spacial score (nSPS) is 10.7. The van der Waals surface area contributed by atoms with E-state index in [1.54, 1.807) is 0 Å². The average Bonchev–Trinajstić information content (AvgIpc) is 2.23. The lowest BCUT2D eigenvalue weighted by Crippen LogP contribution is -2.00. The zero-order chi connectivity index (χ0) is 11.9. The second-order valence-corrected chi connectivity index (χ2v) is 3.43. The van der Waals surface area contributed by atoms with Gasteiger partial charge in [0.2, 0.25) is 0 Å². The number of aromatic nitrogens is 1. The Labute approximate surface area is 93.3 Å². The van der Waals surface area contributed by atoms with Gasteiger partial charge in [-0.15, -0.1) is 0 Å². The van der Waals surface area contributed by atoms with E-state index < -0.39 is 17.6 Å². The summed E-state index contributed by atoms with van der Waals surface area (Å²) in [6.07, 6.45) is 0.898. The van der Waals surface area contributed by atoms with Crippen molar-refractivity contribution in [1.82, 2.24) is 4.98 Å². The molecule has 3 nitrogen and oxygen atoms in total.